The third-order valence-electron chi connectivity index (χ3n) is 5.69. The van der Waals surface area contributed by atoms with Gasteiger partial charge in [-0.3, -0.25) is 0 Å². The molecule has 2 saturated carbocycles. The topological polar surface area (TPSA) is 41.6 Å². The second-order valence-electron chi connectivity index (χ2n) is 7.41. The van der Waals surface area contributed by atoms with E-state index in [4.69, 9.17) is 4.74 Å². The molecule has 0 radical (unpaired) electrons. The van der Waals surface area contributed by atoms with Crippen LogP contribution in [-0.2, 0) is 4.74 Å². The zero-order chi connectivity index (χ0) is 14.7. The molecule has 1 heterocycles. The number of amides is 2. The van der Waals surface area contributed by atoms with Crippen molar-refractivity contribution in [2.45, 2.75) is 75.9 Å². The van der Waals surface area contributed by atoms with Gasteiger partial charge in [-0.2, -0.15) is 0 Å². The zero-order valence-electron chi connectivity index (χ0n) is 13.4. The summed E-state index contributed by atoms with van der Waals surface area (Å²) in [6.07, 6.45) is 12.1. The van der Waals surface area contributed by atoms with Crippen LogP contribution in [0, 0.1) is 5.92 Å². The largest absolute Gasteiger partial charge is 0.375 e. The summed E-state index contributed by atoms with van der Waals surface area (Å²) in [5.74, 6) is 0.736. The summed E-state index contributed by atoms with van der Waals surface area (Å²) < 4.78 is 6.10. The Bertz CT molecular complexity index is 356. The number of carbonyl (C=O) groups excluding carboxylic acids is 1. The van der Waals surface area contributed by atoms with E-state index >= 15 is 0 Å². The highest BCUT2D eigenvalue weighted by molar-refractivity contribution is 5.74. The molecule has 0 aromatic rings. The van der Waals surface area contributed by atoms with E-state index in [0.717, 1.165) is 31.9 Å². The minimum Gasteiger partial charge on any atom is -0.375 e. The number of rotatable bonds is 3. The van der Waals surface area contributed by atoms with Gasteiger partial charge in [0, 0.05) is 26.2 Å². The maximum atomic E-state index is 12.3. The number of hydrogen-bond acceptors (Lipinski definition) is 2. The van der Waals surface area contributed by atoms with E-state index in [0.29, 0.717) is 6.04 Å². The number of urea groups is 1. The van der Waals surface area contributed by atoms with Crippen molar-refractivity contribution in [3.8, 4) is 0 Å². The van der Waals surface area contributed by atoms with Gasteiger partial charge in [0.2, 0.25) is 0 Å². The van der Waals surface area contributed by atoms with E-state index in [1.165, 1.54) is 51.4 Å². The SMILES string of the molecule is CN(CC1CCC1)C(=O)N[C@@H]1CCOC2(CCCCC2)C1. The average molecular weight is 294 g/mol. The van der Waals surface area contributed by atoms with Crippen molar-refractivity contribution in [3.63, 3.8) is 0 Å². The van der Waals surface area contributed by atoms with Crippen molar-refractivity contribution in [1.29, 1.82) is 0 Å². The van der Waals surface area contributed by atoms with Gasteiger partial charge in [0.05, 0.1) is 5.60 Å². The predicted molar refractivity (Wildman–Crippen MR) is 83.3 cm³/mol. The van der Waals surface area contributed by atoms with Crippen molar-refractivity contribution < 1.29 is 9.53 Å². The number of hydrogen-bond donors (Lipinski definition) is 1. The van der Waals surface area contributed by atoms with Crippen LogP contribution in [0.25, 0.3) is 0 Å². The van der Waals surface area contributed by atoms with Crippen molar-refractivity contribution in [2.75, 3.05) is 20.2 Å². The van der Waals surface area contributed by atoms with Crippen LogP contribution in [0.4, 0.5) is 4.79 Å². The Balaban J connectivity index is 1.48. The van der Waals surface area contributed by atoms with Crippen LogP contribution in [0.3, 0.4) is 0 Å². The van der Waals surface area contributed by atoms with Gasteiger partial charge in [0.15, 0.2) is 0 Å². The molecule has 1 saturated heterocycles. The molecule has 0 aromatic carbocycles. The Morgan fingerprint density at radius 3 is 2.62 bits per heavy atom. The number of carbonyl (C=O) groups is 1. The average Bonchev–Trinajstić information content (AvgIpc) is 2.43. The lowest BCUT2D eigenvalue weighted by Gasteiger charge is -2.44. The second-order valence-corrected chi connectivity index (χ2v) is 7.41. The minimum atomic E-state index is 0.0704. The quantitative estimate of drug-likeness (QED) is 0.867. The van der Waals surface area contributed by atoms with E-state index in [1.54, 1.807) is 0 Å². The molecule has 0 unspecified atom stereocenters. The third-order valence-corrected chi connectivity index (χ3v) is 5.69. The molecule has 4 nitrogen and oxygen atoms in total. The fourth-order valence-corrected chi connectivity index (χ4v) is 4.13. The van der Waals surface area contributed by atoms with Crippen molar-refractivity contribution in [1.82, 2.24) is 10.2 Å². The smallest absolute Gasteiger partial charge is 0.317 e. The molecule has 21 heavy (non-hydrogen) atoms. The number of nitrogens with zero attached hydrogens (tertiary/aromatic N) is 1. The summed E-state index contributed by atoms with van der Waals surface area (Å²) in [6.45, 7) is 1.72. The van der Waals surface area contributed by atoms with Crippen molar-refractivity contribution >= 4 is 6.03 Å². The van der Waals surface area contributed by atoms with E-state index in [9.17, 15) is 4.79 Å². The summed E-state index contributed by atoms with van der Waals surface area (Å²) in [6, 6.07) is 0.410. The molecule has 1 aliphatic heterocycles. The van der Waals surface area contributed by atoms with Crippen LogP contribution in [0.15, 0.2) is 0 Å². The molecule has 1 spiro atoms. The fourth-order valence-electron chi connectivity index (χ4n) is 4.13. The molecular formula is C17H30N2O2. The van der Waals surface area contributed by atoms with Gasteiger partial charge < -0.3 is 15.0 Å². The standard InChI is InChI=1S/C17H30N2O2/c1-19(13-14-6-5-7-14)16(20)18-15-8-11-21-17(12-15)9-3-2-4-10-17/h14-15H,2-13H2,1H3,(H,18,20)/t15-/m1/s1. The highest BCUT2D eigenvalue weighted by Gasteiger charge is 2.39. The highest BCUT2D eigenvalue weighted by Crippen LogP contribution is 2.38. The molecule has 2 aliphatic carbocycles. The molecule has 3 fully saturated rings. The molecule has 1 atom stereocenters. The van der Waals surface area contributed by atoms with Gasteiger partial charge in [-0.05, 0) is 44.4 Å². The van der Waals surface area contributed by atoms with Crippen molar-refractivity contribution in [2.24, 2.45) is 5.92 Å². The van der Waals surface area contributed by atoms with E-state index in [1.807, 2.05) is 11.9 Å². The first-order valence-corrected chi connectivity index (χ1v) is 8.82. The second kappa shape index (κ2) is 6.55. The summed E-state index contributed by atoms with van der Waals surface area (Å²) in [5.41, 5.74) is 0.0704. The van der Waals surface area contributed by atoms with E-state index in [-0.39, 0.29) is 11.6 Å². The lowest BCUT2D eigenvalue weighted by atomic mass is 9.78. The van der Waals surface area contributed by atoms with Gasteiger partial charge in [-0.1, -0.05) is 25.7 Å². The summed E-state index contributed by atoms with van der Waals surface area (Å²) in [5, 5.41) is 3.25. The Morgan fingerprint density at radius 2 is 1.95 bits per heavy atom. The summed E-state index contributed by atoms with van der Waals surface area (Å²) in [4.78, 5) is 14.2. The number of ether oxygens (including phenoxy) is 1. The predicted octanol–water partition coefficient (Wildman–Crippen LogP) is 3.31. The monoisotopic (exact) mass is 294 g/mol. The van der Waals surface area contributed by atoms with Crippen LogP contribution < -0.4 is 5.32 Å². The Hall–Kier alpha value is -0.770. The molecule has 3 rings (SSSR count). The molecule has 1 N–H and O–H groups in total. The summed E-state index contributed by atoms with van der Waals surface area (Å²) in [7, 11) is 1.93. The Labute approximate surface area is 128 Å². The molecule has 0 aromatic heterocycles. The molecule has 120 valence electrons. The maximum absolute atomic E-state index is 12.3. The highest BCUT2D eigenvalue weighted by atomic mass is 16.5. The van der Waals surface area contributed by atoms with Crippen LogP contribution >= 0.6 is 0 Å². The Morgan fingerprint density at radius 1 is 1.19 bits per heavy atom. The number of nitrogens with one attached hydrogen (secondary N) is 1. The Kier molecular flexibility index (Phi) is 4.72. The van der Waals surface area contributed by atoms with Gasteiger partial charge in [-0.25, -0.2) is 4.79 Å². The van der Waals surface area contributed by atoms with Gasteiger partial charge in [0.1, 0.15) is 0 Å². The molecule has 0 bridgehead atoms. The lowest BCUT2D eigenvalue weighted by Crippen LogP contribution is -2.52. The van der Waals surface area contributed by atoms with Crippen LogP contribution in [-0.4, -0.2) is 42.8 Å². The summed E-state index contributed by atoms with van der Waals surface area (Å²) >= 11 is 0. The zero-order valence-corrected chi connectivity index (χ0v) is 13.4. The van der Waals surface area contributed by atoms with Gasteiger partial charge in [0.25, 0.3) is 0 Å². The minimum absolute atomic E-state index is 0.0704. The fraction of sp³-hybridized carbons (Fsp3) is 0.941. The van der Waals surface area contributed by atoms with Gasteiger partial charge >= 0.3 is 6.03 Å². The van der Waals surface area contributed by atoms with Crippen LogP contribution in [0.5, 0.6) is 0 Å². The molecule has 2 amide bonds. The molecular weight excluding hydrogens is 264 g/mol. The third kappa shape index (κ3) is 3.71. The lowest BCUT2D eigenvalue weighted by molar-refractivity contribution is -0.108. The van der Waals surface area contributed by atoms with Crippen LogP contribution in [0.1, 0.15) is 64.2 Å². The van der Waals surface area contributed by atoms with Crippen LogP contribution in [0.2, 0.25) is 0 Å². The molecule has 4 heteroatoms. The molecule has 3 aliphatic rings. The van der Waals surface area contributed by atoms with Crippen molar-refractivity contribution in [3.05, 3.63) is 0 Å². The first kappa shape index (κ1) is 15.1. The first-order valence-electron chi connectivity index (χ1n) is 8.82. The van der Waals surface area contributed by atoms with E-state index < -0.39 is 0 Å². The first-order chi connectivity index (χ1) is 10.2. The maximum Gasteiger partial charge on any atom is 0.317 e. The van der Waals surface area contributed by atoms with Gasteiger partial charge in [-0.15, -0.1) is 0 Å². The normalized spacial score (nSPS) is 28.9. The van der Waals surface area contributed by atoms with E-state index in [2.05, 4.69) is 5.32 Å².